The third kappa shape index (κ3) is 10.3. The molecule has 2 spiro atoms. The van der Waals surface area contributed by atoms with Crippen LogP contribution in [0.2, 0.25) is 0 Å². The van der Waals surface area contributed by atoms with E-state index < -0.39 is 76.7 Å². The number of aliphatic hydroxyl groups excluding tert-OH is 1. The average molecular weight is 847 g/mol. The Labute approximate surface area is 361 Å². The summed E-state index contributed by atoms with van der Waals surface area (Å²) in [6, 6.07) is -0.946. The summed E-state index contributed by atoms with van der Waals surface area (Å²) in [5.74, 6) is -5.16. The fraction of sp³-hybridized carbons (Fsp3) is 0.896. The third-order valence-electron chi connectivity index (χ3n) is 15.2. The Kier molecular flexibility index (Phi) is 15.8. The maximum absolute atomic E-state index is 14.7. The van der Waals surface area contributed by atoms with Gasteiger partial charge in [0.05, 0.1) is 48.1 Å². The highest BCUT2D eigenvalue weighted by molar-refractivity contribution is 5.84. The first-order chi connectivity index (χ1) is 28.0. The van der Waals surface area contributed by atoms with Crippen molar-refractivity contribution in [2.24, 2.45) is 47.3 Å². The molecule has 4 saturated heterocycles. The lowest BCUT2D eigenvalue weighted by Crippen LogP contribution is -2.66. The molecular weight excluding hydrogens is 765 g/mol. The molecule has 0 unspecified atom stereocenters. The number of carbonyl (C=O) groups is 3. The lowest BCUT2D eigenvalue weighted by atomic mass is 9.72. The second kappa shape index (κ2) is 19.3. The van der Waals surface area contributed by atoms with Crippen LogP contribution >= 0.6 is 0 Å². The molecule has 0 bridgehead atoms. The quantitative estimate of drug-likeness (QED) is 0.125. The summed E-state index contributed by atoms with van der Waals surface area (Å²) < 4.78 is 34.9. The van der Waals surface area contributed by atoms with E-state index in [9.17, 15) is 24.6 Å². The van der Waals surface area contributed by atoms with Gasteiger partial charge in [0, 0.05) is 35.6 Å². The molecule has 4 N–H and O–H groups in total. The first-order valence-corrected chi connectivity index (χ1v) is 23.7. The second-order valence-electron chi connectivity index (χ2n) is 21.0. The zero-order valence-electron chi connectivity index (χ0n) is 39.3. The van der Waals surface area contributed by atoms with Crippen molar-refractivity contribution in [3.05, 3.63) is 12.2 Å². The summed E-state index contributed by atoms with van der Waals surface area (Å²) in [6.45, 7) is 26.2. The summed E-state index contributed by atoms with van der Waals surface area (Å²) >= 11 is 0. The van der Waals surface area contributed by atoms with Crippen LogP contribution in [0.25, 0.3) is 0 Å². The highest BCUT2D eigenvalue weighted by Gasteiger charge is 2.63. The fourth-order valence-electron chi connectivity index (χ4n) is 11.5. The minimum absolute atomic E-state index is 0.00932. The minimum atomic E-state index is -1.26. The molecule has 0 saturated carbocycles. The number of rotatable bonds is 14. The molecule has 12 heteroatoms. The lowest BCUT2D eigenvalue weighted by molar-refractivity contribution is -0.397. The van der Waals surface area contributed by atoms with E-state index in [1.54, 1.807) is 6.92 Å². The number of carbonyl (C=O) groups excluding carboxylic acids is 2. The maximum Gasteiger partial charge on any atom is 0.315 e. The number of Topliss-reactive ketones (excluding diaryl/α,β-unsaturated/α-hetero) is 1. The van der Waals surface area contributed by atoms with Crippen LogP contribution in [0.3, 0.4) is 0 Å². The maximum atomic E-state index is 14.7. The van der Waals surface area contributed by atoms with Crippen LogP contribution in [-0.2, 0) is 33.3 Å². The van der Waals surface area contributed by atoms with Crippen LogP contribution in [0, 0.1) is 47.3 Å². The first kappa shape index (κ1) is 48.9. The molecular formula is C48H82N2O10. The molecule has 344 valence electrons. The van der Waals surface area contributed by atoms with Crippen LogP contribution in [0.1, 0.15) is 161 Å². The number of carboxylic acids is 1. The highest BCUT2D eigenvalue weighted by Crippen LogP contribution is 2.54. The van der Waals surface area contributed by atoms with Crippen LogP contribution in [0.4, 0.5) is 4.79 Å². The number of hydrogen-bond acceptors (Lipinski definition) is 9. The Bertz CT molecular complexity index is 1520. The number of carboxylic acid groups (broad SMARTS) is 1. The molecule has 4 fully saturated rings. The molecule has 0 aromatic carbocycles. The van der Waals surface area contributed by atoms with Crippen molar-refractivity contribution in [3.63, 3.8) is 0 Å². The van der Waals surface area contributed by atoms with Crippen molar-refractivity contribution in [1.29, 1.82) is 0 Å². The molecule has 60 heavy (non-hydrogen) atoms. The normalized spacial score (nSPS) is 41.0. The number of nitrogens with one attached hydrogen (secondary N) is 2. The number of aliphatic carboxylic acids is 1. The van der Waals surface area contributed by atoms with Gasteiger partial charge in [-0.1, -0.05) is 67.9 Å². The number of aliphatic hydroxyl groups is 1. The van der Waals surface area contributed by atoms with Gasteiger partial charge in [0.2, 0.25) is 0 Å². The van der Waals surface area contributed by atoms with Crippen molar-refractivity contribution in [3.8, 4) is 0 Å². The SMILES string of the molecule is CCC[C@@H]1CC[C@H]([C@]2(C)CC[C@@]3(O[C@]4(C=C[C@H]3NC(=O)NC(C)(C)C)O[C@H]([C@@H](CC)C(=O)[C@@H](C)[C@@H](O)[C@H](C)[C@@H]3O[C@@H]([C@@H](CC)C(=O)O)CC[C@@H]3C)[C@@H](C)C[C@H]4C)O2)O[C@H]1C. The third-order valence-corrected chi connectivity index (χ3v) is 15.2. The van der Waals surface area contributed by atoms with Crippen molar-refractivity contribution < 1.29 is 48.3 Å². The van der Waals surface area contributed by atoms with Crippen LogP contribution in [0.5, 0.6) is 0 Å². The van der Waals surface area contributed by atoms with E-state index >= 15 is 0 Å². The van der Waals surface area contributed by atoms with Crippen LogP contribution in [0.15, 0.2) is 12.2 Å². The molecule has 5 aliphatic rings. The Balaban J connectivity index is 1.39. The zero-order valence-corrected chi connectivity index (χ0v) is 39.3. The topological polar surface area (TPSA) is 162 Å². The van der Waals surface area contributed by atoms with Gasteiger partial charge in [-0.3, -0.25) is 9.59 Å². The van der Waals surface area contributed by atoms with E-state index in [2.05, 4.69) is 52.2 Å². The van der Waals surface area contributed by atoms with Gasteiger partial charge in [0.15, 0.2) is 11.6 Å². The largest absolute Gasteiger partial charge is 0.481 e. The fourth-order valence-corrected chi connectivity index (χ4v) is 11.5. The number of ketones is 1. The molecule has 2 amide bonds. The zero-order chi connectivity index (χ0) is 44.5. The number of ether oxygens (including phenoxy) is 5. The molecule has 0 aromatic rings. The van der Waals surface area contributed by atoms with Crippen LogP contribution < -0.4 is 10.6 Å². The average Bonchev–Trinajstić information content (AvgIpc) is 3.52. The van der Waals surface area contributed by atoms with Gasteiger partial charge >= 0.3 is 12.0 Å². The number of hydrogen-bond donors (Lipinski definition) is 4. The van der Waals surface area contributed by atoms with E-state index in [0.717, 1.165) is 38.5 Å². The number of amides is 2. The molecule has 18 atom stereocenters. The minimum Gasteiger partial charge on any atom is -0.481 e. The van der Waals surface area contributed by atoms with E-state index in [1.165, 1.54) is 0 Å². The monoisotopic (exact) mass is 847 g/mol. The Morgan fingerprint density at radius 1 is 0.883 bits per heavy atom. The molecule has 5 heterocycles. The van der Waals surface area contributed by atoms with Gasteiger partial charge in [-0.05, 0) is 116 Å². The van der Waals surface area contributed by atoms with E-state index in [1.807, 2.05) is 53.7 Å². The van der Waals surface area contributed by atoms with Gasteiger partial charge < -0.3 is 44.5 Å². The second-order valence-corrected chi connectivity index (χ2v) is 21.0. The van der Waals surface area contributed by atoms with Gasteiger partial charge in [0.1, 0.15) is 11.8 Å². The van der Waals surface area contributed by atoms with Crippen molar-refractivity contribution in [1.82, 2.24) is 10.6 Å². The predicted octanol–water partition coefficient (Wildman–Crippen LogP) is 8.57. The molecule has 12 nitrogen and oxygen atoms in total. The molecule has 5 rings (SSSR count). The van der Waals surface area contributed by atoms with E-state index in [4.69, 9.17) is 23.7 Å². The van der Waals surface area contributed by atoms with Gasteiger partial charge in [0.25, 0.3) is 0 Å². The first-order valence-electron chi connectivity index (χ1n) is 23.7. The Hall–Kier alpha value is -2.09. The summed E-state index contributed by atoms with van der Waals surface area (Å²) in [7, 11) is 0. The van der Waals surface area contributed by atoms with Gasteiger partial charge in [-0.25, -0.2) is 4.79 Å². The molecule has 5 aliphatic heterocycles. The van der Waals surface area contributed by atoms with Crippen molar-refractivity contribution in [2.75, 3.05) is 0 Å². The summed E-state index contributed by atoms with van der Waals surface area (Å²) in [6.07, 6.45) is 10.1. The molecule has 0 aliphatic carbocycles. The predicted molar refractivity (Wildman–Crippen MR) is 231 cm³/mol. The Morgan fingerprint density at radius 3 is 2.17 bits per heavy atom. The molecule has 0 radical (unpaired) electrons. The smallest absolute Gasteiger partial charge is 0.315 e. The van der Waals surface area contributed by atoms with Crippen LogP contribution in [-0.4, -0.2) is 93.4 Å². The van der Waals surface area contributed by atoms with E-state index in [-0.39, 0.29) is 47.9 Å². The highest BCUT2D eigenvalue weighted by atomic mass is 16.8. The lowest BCUT2D eigenvalue weighted by Gasteiger charge is -2.55. The summed E-state index contributed by atoms with van der Waals surface area (Å²) in [5, 5.41) is 27.9. The van der Waals surface area contributed by atoms with E-state index in [0.29, 0.717) is 38.0 Å². The summed E-state index contributed by atoms with van der Waals surface area (Å²) in [5.41, 5.74) is -1.13. The van der Waals surface area contributed by atoms with Gasteiger partial charge in [-0.15, -0.1) is 0 Å². The number of urea groups is 1. The van der Waals surface area contributed by atoms with Crippen molar-refractivity contribution in [2.45, 2.75) is 226 Å². The molecule has 0 aromatic heterocycles. The summed E-state index contributed by atoms with van der Waals surface area (Å²) in [4.78, 5) is 40.1. The van der Waals surface area contributed by atoms with Crippen molar-refractivity contribution >= 4 is 17.8 Å². The van der Waals surface area contributed by atoms with Gasteiger partial charge in [-0.2, -0.15) is 0 Å². The Morgan fingerprint density at radius 2 is 1.57 bits per heavy atom. The standard InChI is InChI=1S/C48H82N2O10/c1-14-17-33-19-21-38(56-32(33)9)46(13)24-25-48(59-46)37(49-44(55)50-45(10,11)12)22-23-47(60-48)29(6)26-28(5)42(58-47)35(16-3)40(52)30(7)39(51)31(8)41-27(4)18-20-36(57-41)34(15-2)43(53)54/h22-23,27-39,41-42,51H,14-21,24-26H2,1-13H3,(H,53,54)(H2,49,50,55)/t27-,28-,29+,30-,31-,32-,33+,34+,35-,36+,37+,38+,39+,41+,42-,46-,47-,48-/m0/s1.